The Hall–Kier alpha value is -1.06. The molecule has 3 nitrogen and oxygen atoms in total. The number of rotatable bonds is 6. The molecular formula is C17H25NO2. The molecule has 3 rings (SSSR count). The number of nitrogens with one attached hydrogen (secondary N) is 1. The molecule has 0 aromatic heterocycles. The maximum absolute atomic E-state index is 6.04. The second kappa shape index (κ2) is 5.74. The number of likely N-dealkylation sites (N-methyl/N-ethyl adjacent to an activating group) is 1. The van der Waals surface area contributed by atoms with E-state index in [0.717, 1.165) is 31.7 Å². The van der Waals surface area contributed by atoms with Gasteiger partial charge in [-0.1, -0.05) is 19.1 Å². The molecule has 2 atom stereocenters. The lowest BCUT2D eigenvalue weighted by atomic mass is 9.87. The molecule has 2 fully saturated rings. The van der Waals surface area contributed by atoms with Gasteiger partial charge in [0.2, 0.25) is 0 Å². The van der Waals surface area contributed by atoms with Gasteiger partial charge in [-0.2, -0.15) is 0 Å². The van der Waals surface area contributed by atoms with E-state index in [4.69, 9.17) is 9.47 Å². The minimum atomic E-state index is -0.103. The van der Waals surface area contributed by atoms with E-state index in [0.29, 0.717) is 6.10 Å². The monoisotopic (exact) mass is 275 g/mol. The predicted octanol–water partition coefficient (Wildman–Crippen LogP) is 3.45. The van der Waals surface area contributed by atoms with Crippen molar-refractivity contribution in [3.8, 4) is 5.75 Å². The van der Waals surface area contributed by atoms with Crippen molar-refractivity contribution in [3.05, 3.63) is 29.8 Å². The van der Waals surface area contributed by atoms with Crippen LogP contribution in [-0.4, -0.2) is 24.9 Å². The van der Waals surface area contributed by atoms with E-state index in [2.05, 4.69) is 43.4 Å². The van der Waals surface area contributed by atoms with Gasteiger partial charge in [0, 0.05) is 6.61 Å². The second-order valence-corrected chi connectivity index (χ2v) is 6.15. The first kappa shape index (κ1) is 13.9. The van der Waals surface area contributed by atoms with Crippen molar-refractivity contribution in [3.63, 3.8) is 0 Å². The van der Waals surface area contributed by atoms with Crippen LogP contribution in [0.3, 0.4) is 0 Å². The molecule has 20 heavy (non-hydrogen) atoms. The molecule has 1 saturated heterocycles. The predicted molar refractivity (Wildman–Crippen MR) is 80.1 cm³/mol. The van der Waals surface area contributed by atoms with Gasteiger partial charge in [0.05, 0.1) is 17.7 Å². The lowest BCUT2D eigenvalue weighted by Crippen LogP contribution is -2.41. The van der Waals surface area contributed by atoms with E-state index in [9.17, 15) is 0 Å². The molecule has 1 aliphatic heterocycles. The van der Waals surface area contributed by atoms with E-state index in [1.807, 2.05) is 0 Å². The maximum Gasteiger partial charge on any atom is 0.120 e. The van der Waals surface area contributed by atoms with Gasteiger partial charge < -0.3 is 14.8 Å². The zero-order valence-corrected chi connectivity index (χ0v) is 12.5. The van der Waals surface area contributed by atoms with Gasteiger partial charge in [-0.15, -0.1) is 0 Å². The highest BCUT2D eigenvalue weighted by Crippen LogP contribution is 2.38. The fourth-order valence-electron chi connectivity index (χ4n) is 3.06. The Labute approximate surface area is 121 Å². The van der Waals surface area contributed by atoms with Crippen LogP contribution in [0.4, 0.5) is 0 Å². The highest BCUT2D eigenvalue weighted by Gasteiger charge is 2.39. The van der Waals surface area contributed by atoms with Crippen molar-refractivity contribution in [2.45, 2.75) is 57.3 Å². The average molecular weight is 275 g/mol. The van der Waals surface area contributed by atoms with Crippen LogP contribution in [0.2, 0.25) is 0 Å². The van der Waals surface area contributed by atoms with Crippen LogP contribution in [0.25, 0.3) is 0 Å². The normalized spacial score (nSPS) is 27.5. The lowest BCUT2D eigenvalue weighted by Gasteiger charge is -2.34. The molecule has 110 valence electrons. The fourth-order valence-corrected chi connectivity index (χ4v) is 3.06. The summed E-state index contributed by atoms with van der Waals surface area (Å²) in [6.45, 7) is 6.19. The molecule has 2 aliphatic rings. The summed E-state index contributed by atoms with van der Waals surface area (Å²) in [5.41, 5.74) is 1.17. The Morgan fingerprint density at radius 2 is 2.30 bits per heavy atom. The molecule has 1 heterocycles. The molecule has 0 bridgehead atoms. The van der Waals surface area contributed by atoms with E-state index in [1.54, 1.807) is 0 Å². The second-order valence-electron chi connectivity index (χ2n) is 6.15. The summed E-state index contributed by atoms with van der Waals surface area (Å²) in [6, 6.07) is 8.74. The first-order chi connectivity index (χ1) is 9.71. The van der Waals surface area contributed by atoms with Gasteiger partial charge in [-0.05, 0) is 56.8 Å². The zero-order chi connectivity index (χ0) is 14.0. The molecule has 0 radical (unpaired) electrons. The highest BCUT2D eigenvalue weighted by molar-refractivity contribution is 5.32. The number of benzene rings is 1. The van der Waals surface area contributed by atoms with Crippen molar-refractivity contribution < 1.29 is 9.47 Å². The average Bonchev–Trinajstić information content (AvgIpc) is 3.15. The van der Waals surface area contributed by atoms with Crippen LogP contribution >= 0.6 is 0 Å². The summed E-state index contributed by atoms with van der Waals surface area (Å²) >= 11 is 0. The van der Waals surface area contributed by atoms with Gasteiger partial charge in [-0.25, -0.2) is 0 Å². The molecule has 1 aromatic rings. The Bertz CT molecular complexity index is 450. The summed E-state index contributed by atoms with van der Waals surface area (Å²) < 4.78 is 12.0. The Balaban J connectivity index is 1.82. The summed E-state index contributed by atoms with van der Waals surface area (Å²) in [6.07, 6.45) is 5.10. The van der Waals surface area contributed by atoms with Gasteiger partial charge in [-0.3, -0.25) is 0 Å². The van der Waals surface area contributed by atoms with Crippen LogP contribution in [0, 0.1) is 0 Å². The molecule has 1 aliphatic carbocycles. The molecule has 2 unspecified atom stereocenters. The van der Waals surface area contributed by atoms with Crippen molar-refractivity contribution >= 4 is 0 Å². The summed E-state index contributed by atoms with van der Waals surface area (Å²) in [4.78, 5) is 0. The van der Waals surface area contributed by atoms with Gasteiger partial charge in [0.15, 0.2) is 0 Å². The molecule has 1 N–H and O–H groups in total. The SMILES string of the molecule is CCNC(c1cccc(OC2CC2)c1)C1(C)CCCO1. The molecule has 0 amide bonds. The van der Waals surface area contributed by atoms with Crippen LogP contribution in [-0.2, 0) is 4.74 Å². The Morgan fingerprint density at radius 3 is 2.95 bits per heavy atom. The molecule has 1 saturated carbocycles. The minimum Gasteiger partial charge on any atom is -0.490 e. The van der Waals surface area contributed by atoms with Crippen molar-refractivity contribution in [1.82, 2.24) is 5.32 Å². The van der Waals surface area contributed by atoms with Crippen LogP contribution in [0.1, 0.15) is 51.1 Å². The third-order valence-corrected chi connectivity index (χ3v) is 4.29. The topological polar surface area (TPSA) is 30.5 Å². The van der Waals surface area contributed by atoms with Crippen LogP contribution in [0.5, 0.6) is 5.75 Å². The summed E-state index contributed by atoms with van der Waals surface area (Å²) in [5.74, 6) is 0.995. The molecule has 3 heteroatoms. The third-order valence-electron chi connectivity index (χ3n) is 4.29. The molecule has 1 aromatic carbocycles. The molecule has 0 spiro atoms. The van der Waals surface area contributed by atoms with E-state index < -0.39 is 0 Å². The summed E-state index contributed by atoms with van der Waals surface area (Å²) in [5, 5.41) is 3.60. The first-order valence-corrected chi connectivity index (χ1v) is 7.85. The lowest BCUT2D eigenvalue weighted by molar-refractivity contribution is -0.0121. The molecular weight excluding hydrogens is 250 g/mol. The third kappa shape index (κ3) is 2.99. The Morgan fingerprint density at radius 1 is 1.45 bits per heavy atom. The fraction of sp³-hybridized carbons (Fsp3) is 0.647. The van der Waals surface area contributed by atoms with E-state index in [1.165, 1.54) is 18.4 Å². The van der Waals surface area contributed by atoms with Crippen molar-refractivity contribution in [2.24, 2.45) is 0 Å². The van der Waals surface area contributed by atoms with Gasteiger partial charge >= 0.3 is 0 Å². The van der Waals surface area contributed by atoms with Crippen LogP contribution in [0.15, 0.2) is 24.3 Å². The maximum atomic E-state index is 6.04. The number of ether oxygens (including phenoxy) is 2. The van der Waals surface area contributed by atoms with E-state index in [-0.39, 0.29) is 11.6 Å². The van der Waals surface area contributed by atoms with E-state index >= 15 is 0 Å². The standard InChI is InChI=1S/C17H25NO2/c1-3-18-16(17(2)10-5-11-19-17)13-6-4-7-15(12-13)20-14-8-9-14/h4,6-7,12,14,16,18H,3,5,8-11H2,1-2H3. The largest absolute Gasteiger partial charge is 0.490 e. The van der Waals surface area contributed by atoms with Crippen molar-refractivity contribution in [1.29, 1.82) is 0 Å². The van der Waals surface area contributed by atoms with Crippen LogP contribution < -0.4 is 10.1 Å². The van der Waals surface area contributed by atoms with Gasteiger partial charge in [0.1, 0.15) is 5.75 Å². The number of hydrogen-bond acceptors (Lipinski definition) is 3. The quantitative estimate of drug-likeness (QED) is 0.862. The number of hydrogen-bond donors (Lipinski definition) is 1. The first-order valence-electron chi connectivity index (χ1n) is 7.85. The van der Waals surface area contributed by atoms with Gasteiger partial charge in [0.25, 0.3) is 0 Å². The Kier molecular flexibility index (Phi) is 3.99. The highest BCUT2D eigenvalue weighted by atomic mass is 16.5. The summed E-state index contributed by atoms with van der Waals surface area (Å²) in [7, 11) is 0. The van der Waals surface area contributed by atoms with Crippen molar-refractivity contribution in [2.75, 3.05) is 13.2 Å². The zero-order valence-electron chi connectivity index (χ0n) is 12.5. The minimum absolute atomic E-state index is 0.103. The smallest absolute Gasteiger partial charge is 0.120 e.